The zero-order valence-corrected chi connectivity index (χ0v) is 27.7. The van der Waals surface area contributed by atoms with E-state index >= 15 is 0 Å². The molecule has 2 N–H and O–H groups in total. The summed E-state index contributed by atoms with van der Waals surface area (Å²) in [5, 5.41) is 12.4. The van der Waals surface area contributed by atoms with Crippen LogP contribution in [0.1, 0.15) is 61.6 Å². The lowest BCUT2D eigenvalue weighted by molar-refractivity contribution is -0.0750. The van der Waals surface area contributed by atoms with Gasteiger partial charge in [-0.25, -0.2) is 4.79 Å². The molecule has 0 aliphatic carbocycles. The zero-order chi connectivity index (χ0) is 28.8. The molecule has 0 saturated carbocycles. The summed E-state index contributed by atoms with van der Waals surface area (Å²) in [6, 6.07) is 1.23. The molecule has 2 aliphatic rings. The van der Waals surface area contributed by atoms with Crippen LogP contribution < -0.4 is 11.2 Å². The van der Waals surface area contributed by atoms with Crippen LogP contribution in [0.25, 0.3) is 0 Å². The summed E-state index contributed by atoms with van der Waals surface area (Å²) in [5.74, 6) is 3.11. The van der Waals surface area contributed by atoms with E-state index in [1.54, 1.807) is 0 Å². The van der Waals surface area contributed by atoms with Crippen molar-refractivity contribution in [1.29, 1.82) is 0 Å². The number of hydrogen-bond donors (Lipinski definition) is 2. The Hall–Kier alpha value is -1.31. The summed E-state index contributed by atoms with van der Waals surface area (Å²) in [6.07, 6.45) is -1.48. The van der Waals surface area contributed by atoms with Crippen molar-refractivity contribution < 1.29 is 22.8 Å². The minimum atomic E-state index is -3.09. The van der Waals surface area contributed by atoms with Crippen LogP contribution in [0.5, 0.6) is 0 Å². The highest BCUT2D eigenvalue weighted by Gasteiger charge is 2.65. The van der Waals surface area contributed by atoms with Crippen LogP contribution in [0.3, 0.4) is 0 Å². The molecule has 214 valence electrons. The van der Waals surface area contributed by atoms with Gasteiger partial charge in [-0.3, -0.25) is 14.3 Å². The molecule has 0 bridgehead atoms. The Kier molecular flexibility index (Phi) is 8.98. The van der Waals surface area contributed by atoms with Crippen molar-refractivity contribution in [3.8, 4) is 11.5 Å². The summed E-state index contributed by atoms with van der Waals surface area (Å²) in [6.45, 7) is 23.4. The molecule has 0 amide bonds. The Morgan fingerprint density at radius 2 is 1.58 bits per heavy atom. The van der Waals surface area contributed by atoms with E-state index in [0.29, 0.717) is 0 Å². The lowest BCUT2D eigenvalue weighted by Crippen LogP contribution is -2.67. The summed E-state index contributed by atoms with van der Waals surface area (Å²) in [4.78, 5) is 27.0. The van der Waals surface area contributed by atoms with E-state index in [1.165, 1.54) is 16.8 Å². The van der Waals surface area contributed by atoms with E-state index in [9.17, 15) is 14.7 Å². The van der Waals surface area contributed by atoms with Gasteiger partial charge in [0, 0.05) is 12.3 Å². The summed E-state index contributed by atoms with van der Waals surface area (Å²) >= 11 is 0. The smallest absolute Gasteiger partial charge is 0.335 e. The fraction of sp³-hybridized carbons (Fsp3) is 0.769. The minimum Gasteiger partial charge on any atom is -0.414 e. The van der Waals surface area contributed by atoms with Crippen LogP contribution in [0.4, 0.5) is 0 Å². The maximum atomic E-state index is 12.9. The van der Waals surface area contributed by atoms with Gasteiger partial charge in [0.15, 0.2) is 11.8 Å². The van der Waals surface area contributed by atoms with Gasteiger partial charge < -0.3 is 22.8 Å². The van der Waals surface area contributed by atoms with Crippen LogP contribution in [-0.4, -0.2) is 64.3 Å². The zero-order valence-electron chi connectivity index (χ0n) is 24.7. The monoisotopic (exact) mass is 582 g/mol. The highest BCUT2D eigenvalue weighted by Crippen LogP contribution is 2.50. The molecule has 0 radical (unpaired) electrons. The number of fused-ring (bicyclic) bond motifs is 1. The number of nitrogens with zero attached hydrogens (tertiary/aromatic N) is 1. The van der Waals surface area contributed by atoms with Gasteiger partial charge in [0.05, 0.1) is 6.61 Å². The maximum Gasteiger partial charge on any atom is 0.335 e. The minimum absolute atomic E-state index is 0.0401. The standard InChI is InChI=1S/C26H46N2O7Si3/c1-17(2)37(18(3)4)32-16-21-23(34-38(35-37,19(5)6)20(7)8)26(31,13-15-36(9,10)11)24(33-21)28-14-12-22(29)27-25(28)30/h12,14,17-21,23-24,31H,16H2,1-11H3,(H,27,29,30)/t21-,23?,24-,26-/m1/s1. The number of ether oxygens (including phenoxy) is 1. The molecule has 2 saturated heterocycles. The fourth-order valence-corrected chi connectivity index (χ4v) is 17.3. The van der Waals surface area contributed by atoms with Crippen molar-refractivity contribution in [3.63, 3.8) is 0 Å². The molecule has 9 nitrogen and oxygen atoms in total. The van der Waals surface area contributed by atoms with E-state index in [-0.39, 0.29) is 28.8 Å². The van der Waals surface area contributed by atoms with Gasteiger partial charge in [-0.05, 0) is 22.2 Å². The Morgan fingerprint density at radius 1 is 1.03 bits per heavy atom. The van der Waals surface area contributed by atoms with Crippen LogP contribution in [0.15, 0.2) is 21.9 Å². The number of aliphatic hydroxyl groups is 1. The van der Waals surface area contributed by atoms with E-state index < -0.39 is 60.5 Å². The van der Waals surface area contributed by atoms with Crippen LogP contribution in [0, 0.1) is 11.5 Å². The number of hydrogen-bond acceptors (Lipinski definition) is 7. The average molecular weight is 583 g/mol. The molecule has 38 heavy (non-hydrogen) atoms. The molecule has 4 atom stereocenters. The third-order valence-electron chi connectivity index (χ3n) is 7.52. The topological polar surface area (TPSA) is 112 Å². The van der Waals surface area contributed by atoms with Gasteiger partial charge in [-0.1, -0.05) is 81.0 Å². The SMILES string of the molecule is CC(C)[Si]1(C(C)C)OC[C@H]2O[C@@H](n3ccc(=O)[nH]c3=O)[C@@](O)(C#C[Si](C)(C)C)C2O[Si](C(C)C)(C(C)C)O1. The molecule has 3 rings (SSSR count). The number of nitrogens with one attached hydrogen (secondary N) is 1. The number of aromatic nitrogens is 2. The first-order chi connectivity index (χ1) is 17.4. The van der Waals surface area contributed by atoms with E-state index in [4.69, 9.17) is 17.7 Å². The molecule has 0 aromatic carbocycles. The lowest BCUT2D eigenvalue weighted by Gasteiger charge is -2.51. The van der Waals surface area contributed by atoms with Gasteiger partial charge in [-0.2, -0.15) is 0 Å². The van der Waals surface area contributed by atoms with E-state index in [1.807, 2.05) is 0 Å². The number of rotatable bonds is 5. The predicted octanol–water partition coefficient (Wildman–Crippen LogP) is 4.00. The van der Waals surface area contributed by atoms with Gasteiger partial charge in [-0.15, -0.1) is 5.54 Å². The lowest BCUT2D eigenvalue weighted by atomic mass is 9.95. The molecule has 3 heterocycles. The van der Waals surface area contributed by atoms with Crippen LogP contribution >= 0.6 is 0 Å². The van der Waals surface area contributed by atoms with Gasteiger partial charge in [0.1, 0.15) is 20.3 Å². The molecule has 1 aromatic rings. The highest BCUT2D eigenvalue weighted by atomic mass is 28.5. The second kappa shape index (κ2) is 10.9. The van der Waals surface area contributed by atoms with Crippen molar-refractivity contribution in [1.82, 2.24) is 9.55 Å². The second-order valence-corrected chi connectivity index (χ2v) is 26.5. The first-order valence-electron chi connectivity index (χ1n) is 13.6. The average Bonchev–Trinajstić information content (AvgIpc) is 3.02. The quantitative estimate of drug-likeness (QED) is 0.399. The highest BCUT2D eigenvalue weighted by molar-refractivity contribution is 6.84. The largest absolute Gasteiger partial charge is 0.414 e. The molecule has 1 unspecified atom stereocenters. The van der Waals surface area contributed by atoms with Crippen LogP contribution in [0.2, 0.25) is 41.8 Å². The van der Waals surface area contributed by atoms with Crippen molar-refractivity contribution >= 4 is 25.2 Å². The van der Waals surface area contributed by atoms with Crippen LogP contribution in [-0.2, 0) is 17.7 Å². The van der Waals surface area contributed by atoms with Crippen molar-refractivity contribution in [2.75, 3.05) is 6.61 Å². The van der Waals surface area contributed by atoms with Gasteiger partial charge in [0.2, 0.25) is 0 Å². The molecule has 1 aromatic heterocycles. The first kappa shape index (κ1) is 31.2. The number of H-pyrrole nitrogens is 1. The summed E-state index contributed by atoms with van der Waals surface area (Å²) in [7, 11) is -7.87. The Labute approximate surface area is 229 Å². The first-order valence-corrected chi connectivity index (χ1v) is 21.1. The number of aromatic amines is 1. The normalized spacial score (nSPS) is 29.2. The molecule has 2 fully saturated rings. The van der Waals surface area contributed by atoms with Gasteiger partial charge >= 0.3 is 22.8 Å². The Bertz CT molecular complexity index is 1160. The van der Waals surface area contributed by atoms with Crippen molar-refractivity contribution in [2.45, 2.75) is 121 Å². The predicted molar refractivity (Wildman–Crippen MR) is 155 cm³/mol. The third-order valence-corrected chi connectivity index (χ3v) is 18.6. The molecule has 0 spiro atoms. The van der Waals surface area contributed by atoms with Crippen molar-refractivity contribution in [3.05, 3.63) is 33.1 Å². The van der Waals surface area contributed by atoms with Crippen molar-refractivity contribution in [2.24, 2.45) is 0 Å². The second-order valence-electron chi connectivity index (χ2n) is 12.9. The molecular formula is C26H46N2O7Si3. The van der Waals surface area contributed by atoms with E-state index in [0.717, 1.165) is 0 Å². The Morgan fingerprint density at radius 3 is 2.05 bits per heavy atom. The van der Waals surface area contributed by atoms with E-state index in [2.05, 4.69) is 91.5 Å². The summed E-state index contributed by atoms with van der Waals surface area (Å²) < 4.78 is 28.8. The summed E-state index contributed by atoms with van der Waals surface area (Å²) in [5.41, 5.74) is 0.560. The molecular weight excluding hydrogens is 537 g/mol. The van der Waals surface area contributed by atoms with Gasteiger partial charge in [0.25, 0.3) is 5.56 Å². The molecule has 2 aliphatic heterocycles. The Balaban J connectivity index is 2.28. The third kappa shape index (κ3) is 5.62. The molecule has 12 heteroatoms. The maximum absolute atomic E-state index is 12.9. The fourth-order valence-electron chi connectivity index (χ4n) is 5.49.